The predicted molar refractivity (Wildman–Crippen MR) is 190 cm³/mol. The van der Waals surface area contributed by atoms with E-state index in [2.05, 4.69) is 0 Å². The molecule has 0 aliphatic carbocycles. The van der Waals surface area contributed by atoms with Crippen LogP contribution in [0.1, 0.15) is 20.6 Å². The van der Waals surface area contributed by atoms with Crippen LogP contribution in [0.25, 0.3) is 88.0 Å². The fourth-order valence-electron chi connectivity index (χ4n) is 5.99. The first-order valence-electron chi connectivity index (χ1n) is 21.7. The summed E-state index contributed by atoms with van der Waals surface area (Å²) in [4.78, 5) is 0. The number of para-hydroxylation sites is 1. The largest absolute Gasteiger partial charge is 0.455 e. The molecule has 0 saturated carbocycles. The van der Waals surface area contributed by atoms with Crippen LogP contribution in [0.15, 0.2) is 174 Å². The summed E-state index contributed by atoms with van der Waals surface area (Å²) < 4.78 is 140. The highest BCUT2D eigenvalue weighted by Gasteiger charge is 2.19. The van der Waals surface area contributed by atoms with Crippen molar-refractivity contribution < 1.29 is 25.0 Å². The Labute approximate surface area is 282 Å². The molecule has 0 fully saturated rings. The number of fused-ring (bicyclic) bond motifs is 5. The molecule has 1 aromatic heterocycles. The molecule has 0 saturated heterocycles. The van der Waals surface area contributed by atoms with Gasteiger partial charge >= 0.3 is 0 Å². The Morgan fingerprint density at radius 2 is 0.956 bits per heavy atom. The summed E-state index contributed by atoms with van der Waals surface area (Å²) >= 11 is 0. The second kappa shape index (κ2) is 10.4. The molecule has 9 aromatic rings. The second-order valence-corrected chi connectivity index (χ2v) is 10.5. The molecule has 0 unspecified atom stereocenters. The topological polar surface area (TPSA) is 13.1 Å². The van der Waals surface area contributed by atoms with Crippen LogP contribution in [0.5, 0.6) is 0 Å². The first-order valence-corrected chi connectivity index (χ1v) is 14.2. The molecule has 0 radical (unpaired) electrons. The van der Waals surface area contributed by atoms with Crippen molar-refractivity contribution in [2.75, 3.05) is 0 Å². The predicted octanol–water partition coefficient (Wildman–Crippen LogP) is 12.6. The van der Waals surface area contributed by atoms with Gasteiger partial charge in [0.1, 0.15) is 11.2 Å². The lowest BCUT2D eigenvalue weighted by Crippen LogP contribution is -1.91. The van der Waals surface area contributed by atoms with Gasteiger partial charge in [-0.2, -0.15) is 0 Å². The monoisotopic (exact) mass is 587 g/mol. The average Bonchev–Trinajstić information content (AvgIpc) is 3.65. The summed E-state index contributed by atoms with van der Waals surface area (Å²) in [7, 11) is 0. The van der Waals surface area contributed by atoms with Gasteiger partial charge in [0.15, 0.2) is 0 Å². The van der Waals surface area contributed by atoms with Gasteiger partial charge in [0, 0.05) is 16.3 Å². The number of benzene rings is 8. The van der Waals surface area contributed by atoms with E-state index in [9.17, 15) is 5.48 Å². The normalized spacial score (nSPS) is 16.2. The van der Waals surface area contributed by atoms with Gasteiger partial charge in [-0.05, 0) is 78.6 Å². The van der Waals surface area contributed by atoms with E-state index in [1.807, 2.05) is 0 Å². The summed E-state index contributed by atoms with van der Waals surface area (Å²) in [5.41, 5.74) is 0.245. The fraction of sp³-hybridized carbons (Fsp3) is 0. The number of rotatable bonds is 4. The molecule has 210 valence electrons. The SMILES string of the molecule is [2H]c1c([2H])c([2H])c(-c2c([2H])c([2H])c([2H])c(-c3c4ccccc4c(-c4c([2H])c([2H])c5c(oc6c(-c7ccccc7)c([2H])c([2H])c([2H])c65)c4[2H])c4ccccc34)c2[2H])c([2H])c1[2H]. The number of hydrogen-bond acceptors (Lipinski definition) is 1. The van der Waals surface area contributed by atoms with Crippen LogP contribution in [0.4, 0.5) is 0 Å². The molecule has 8 aromatic carbocycles. The quantitative estimate of drug-likeness (QED) is 0.187. The minimum absolute atomic E-state index is 0.00445. The van der Waals surface area contributed by atoms with Gasteiger partial charge in [-0.15, -0.1) is 0 Å². The lowest BCUT2D eigenvalue weighted by Gasteiger charge is -2.18. The van der Waals surface area contributed by atoms with Crippen LogP contribution >= 0.6 is 0 Å². The molecule has 0 spiro atoms. The maximum Gasteiger partial charge on any atom is 0.143 e. The van der Waals surface area contributed by atoms with Gasteiger partial charge in [0.25, 0.3) is 0 Å². The first-order chi connectivity index (χ1) is 28.6. The van der Waals surface area contributed by atoms with Crippen LogP contribution in [0.3, 0.4) is 0 Å². The van der Waals surface area contributed by atoms with E-state index in [0.717, 1.165) is 0 Å². The molecule has 0 N–H and O–H groups in total. The van der Waals surface area contributed by atoms with Gasteiger partial charge < -0.3 is 4.42 Å². The molecule has 0 aliphatic rings. The van der Waals surface area contributed by atoms with Crippen molar-refractivity contribution in [3.8, 4) is 44.5 Å². The summed E-state index contributed by atoms with van der Waals surface area (Å²) in [6.07, 6.45) is 0. The summed E-state index contributed by atoms with van der Waals surface area (Å²) in [6.45, 7) is 0. The summed E-state index contributed by atoms with van der Waals surface area (Å²) in [6, 6.07) is 14.7. The van der Waals surface area contributed by atoms with Crippen molar-refractivity contribution >= 4 is 43.5 Å². The molecule has 1 heteroatoms. The maximum atomic E-state index is 9.66. The highest BCUT2D eigenvalue weighted by molar-refractivity contribution is 6.22. The molecule has 0 amide bonds. The van der Waals surface area contributed by atoms with Gasteiger partial charge in [0.05, 0.1) is 20.6 Å². The van der Waals surface area contributed by atoms with E-state index >= 15 is 0 Å². The van der Waals surface area contributed by atoms with Crippen molar-refractivity contribution in [1.29, 1.82) is 0 Å². The lowest BCUT2D eigenvalue weighted by molar-refractivity contribution is 0.670. The Morgan fingerprint density at radius 3 is 1.64 bits per heavy atom. The van der Waals surface area contributed by atoms with E-state index < -0.39 is 71.6 Å². The van der Waals surface area contributed by atoms with Crippen LogP contribution in [0.2, 0.25) is 0 Å². The zero-order valence-corrected chi connectivity index (χ0v) is 23.4. The van der Waals surface area contributed by atoms with E-state index in [1.54, 1.807) is 78.9 Å². The molecular weight excluding hydrogens is 544 g/mol. The van der Waals surface area contributed by atoms with Crippen LogP contribution < -0.4 is 0 Å². The zero-order chi connectivity index (χ0) is 42.8. The van der Waals surface area contributed by atoms with Crippen LogP contribution in [-0.2, 0) is 0 Å². The minimum Gasteiger partial charge on any atom is -0.455 e. The Balaban J connectivity index is 1.42. The lowest BCUT2D eigenvalue weighted by atomic mass is 9.85. The maximum absolute atomic E-state index is 9.66. The van der Waals surface area contributed by atoms with E-state index in [0.29, 0.717) is 32.7 Å². The Morgan fingerprint density at radius 1 is 0.378 bits per heavy atom. The Hall–Kier alpha value is -5.92. The molecule has 0 aliphatic heterocycles. The molecule has 0 bridgehead atoms. The molecule has 0 atom stereocenters. The second-order valence-electron chi connectivity index (χ2n) is 10.5. The smallest absolute Gasteiger partial charge is 0.143 e. The van der Waals surface area contributed by atoms with Crippen molar-refractivity contribution in [3.63, 3.8) is 0 Å². The van der Waals surface area contributed by atoms with Gasteiger partial charge in [-0.25, -0.2) is 0 Å². The van der Waals surface area contributed by atoms with Crippen LogP contribution in [0, 0.1) is 0 Å². The standard InChI is InChI=1S/C44H28O/c1-3-13-29(14-4-1)31-17-11-18-32(27-31)42-36-19-7-9-21-38(36)43(39-22-10-8-20-37(39)42)33-25-26-35-40-24-12-23-34(30-15-5-2-6-16-30)44(40)45-41(35)28-33/h1-28H/i1D,3D,4D,11D,12D,13D,14D,17D,18D,23D,24D,25D,26D,27D,28D. The third kappa shape index (κ3) is 4.17. The summed E-state index contributed by atoms with van der Waals surface area (Å²) in [5, 5.41) is 1.65. The molecule has 1 nitrogen and oxygen atoms in total. The van der Waals surface area contributed by atoms with Crippen molar-refractivity contribution in [2.24, 2.45) is 0 Å². The number of hydrogen-bond donors (Lipinski definition) is 0. The Kier molecular flexibility index (Phi) is 3.39. The third-order valence-electron chi connectivity index (χ3n) is 7.93. The fourth-order valence-corrected chi connectivity index (χ4v) is 5.99. The van der Waals surface area contributed by atoms with Gasteiger partial charge in [0.2, 0.25) is 0 Å². The zero-order valence-electron chi connectivity index (χ0n) is 38.4. The average molecular weight is 588 g/mol. The number of furan rings is 1. The van der Waals surface area contributed by atoms with Crippen molar-refractivity contribution in [3.05, 3.63) is 169 Å². The third-order valence-corrected chi connectivity index (χ3v) is 7.93. The highest BCUT2D eigenvalue weighted by Crippen LogP contribution is 2.45. The first kappa shape index (κ1) is 14.7. The van der Waals surface area contributed by atoms with Gasteiger partial charge in [-0.3, -0.25) is 0 Å². The van der Waals surface area contributed by atoms with Crippen molar-refractivity contribution in [2.45, 2.75) is 0 Å². The van der Waals surface area contributed by atoms with Crippen LogP contribution in [-0.4, -0.2) is 0 Å². The Bertz CT molecular complexity index is 3290. The highest BCUT2D eigenvalue weighted by atomic mass is 16.3. The van der Waals surface area contributed by atoms with Crippen molar-refractivity contribution in [1.82, 2.24) is 0 Å². The molecule has 45 heavy (non-hydrogen) atoms. The molecular formula is C44H28O. The van der Waals surface area contributed by atoms with E-state index in [1.165, 1.54) is 0 Å². The minimum atomic E-state index is -0.684. The van der Waals surface area contributed by atoms with Gasteiger partial charge in [-0.1, -0.05) is 151 Å². The van der Waals surface area contributed by atoms with E-state index in [-0.39, 0.29) is 74.4 Å². The molecule has 1 heterocycles. The summed E-state index contributed by atoms with van der Waals surface area (Å²) in [5.74, 6) is 0. The molecule has 9 rings (SSSR count). The van der Waals surface area contributed by atoms with E-state index in [4.69, 9.17) is 19.5 Å².